The Balaban J connectivity index is 0.000000956. The molecule has 0 radical (unpaired) electrons. The van der Waals surface area contributed by atoms with E-state index >= 15 is 0 Å². The van der Waals surface area contributed by atoms with Gasteiger partial charge in [0, 0.05) is 0 Å². The average molecular weight is 447 g/mol. The second-order valence-electron chi connectivity index (χ2n) is 4.20. The van der Waals surface area contributed by atoms with Crippen molar-refractivity contribution >= 4 is 6.08 Å². The van der Waals surface area contributed by atoms with Crippen LogP contribution < -0.4 is 0 Å². The molecule has 2 aromatic rings. The van der Waals surface area contributed by atoms with Crippen LogP contribution in [0, 0.1) is 10.5 Å². The summed E-state index contributed by atoms with van der Waals surface area (Å²) in [5.74, 6) is 0. The summed E-state index contributed by atoms with van der Waals surface area (Å²) >= 11 is 1.39. The molecule has 0 atom stereocenters. The summed E-state index contributed by atoms with van der Waals surface area (Å²) < 4.78 is 11.4. The van der Waals surface area contributed by atoms with Gasteiger partial charge >= 0.3 is 23.5 Å². The van der Waals surface area contributed by atoms with Gasteiger partial charge in [-0.15, -0.1) is 12.1 Å². The maximum atomic E-state index is 5.72. The first-order valence-corrected chi connectivity index (χ1v) is 7.43. The van der Waals surface area contributed by atoms with E-state index in [0.29, 0.717) is 6.61 Å². The quantitative estimate of drug-likeness (QED) is 0.523. The molecule has 3 heteroatoms. The van der Waals surface area contributed by atoms with Crippen molar-refractivity contribution in [3.05, 3.63) is 77.9 Å². The second kappa shape index (κ2) is 10.4. The van der Waals surface area contributed by atoms with E-state index in [1.54, 1.807) is 6.08 Å². The monoisotopic (exact) mass is 447 g/mol. The summed E-state index contributed by atoms with van der Waals surface area (Å²) in [6, 6.07) is 18.4. The molecule has 2 nitrogen and oxygen atoms in total. The van der Waals surface area contributed by atoms with E-state index in [1.807, 2.05) is 30.3 Å². The third-order valence-corrected chi connectivity index (χ3v) is 2.79. The van der Waals surface area contributed by atoms with Crippen molar-refractivity contribution in [3.63, 3.8) is 0 Å². The van der Waals surface area contributed by atoms with Gasteiger partial charge in [-0.25, -0.2) is 6.08 Å². The molecule has 0 amide bonds. The number of benzene rings is 2. The van der Waals surface area contributed by atoms with E-state index in [0.717, 1.165) is 18.6 Å². The van der Waals surface area contributed by atoms with Gasteiger partial charge in [0.15, 0.2) is 0 Å². The molecule has 0 aliphatic heterocycles. The van der Waals surface area contributed by atoms with Gasteiger partial charge in [0.2, 0.25) is 0 Å². The number of nitrogens with one attached hydrogen (secondary N) is 1. The van der Waals surface area contributed by atoms with Crippen LogP contribution in [-0.4, -0.2) is 6.61 Å². The Morgan fingerprint density at radius 2 is 1.70 bits per heavy atom. The van der Waals surface area contributed by atoms with Gasteiger partial charge in [-0.3, -0.25) is 6.58 Å². The van der Waals surface area contributed by atoms with Crippen LogP contribution >= 0.6 is 0 Å². The zero-order chi connectivity index (χ0) is 14.6. The Morgan fingerprint density at radius 3 is 2.40 bits per heavy atom. The Morgan fingerprint density at radius 1 is 1.00 bits per heavy atom. The molecule has 2 rings (SSSR count). The molecule has 0 fully saturated rings. The summed E-state index contributed by atoms with van der Waals surface area (Å²) in [6.45, 7) is 6.89. The van der Waals surface area contributed by atoms with E-state index in [9.17, 15) is 0 Å². The molecular weight excluding hydrogens is 429 g/mol. The molecule has 108 valence electrons. The predicted octanol–water partition coefficient (Wildman–Crippen LogP) is 4.19. The molecule has 0 saturated heterocycles. The normalized spacial score (nSPS) is 9.50. The second-order valence-corrected chi connectivity index (χ2v) is 4.20. The Kier molecular flexibility index (Phi) is 8.69. The van der Waals surface area contributed by atoms with Crippen LogP contribution in [0.3, 0.4) is 0 Å². The summed E-state index contributed by atoms with van der Waals surface area (Å²) in [5, 5.41) is 0. The minimum atomic E-state index is 0.670. The standard InChI is InChI=1S/C17H17O.HN.Pt/c1-2-15-9-6-10-16(13-15)11-12-18-14-17-7-4-3-5-8-17;;/h1-10,13H,11-12,14H2;1H;/q-1;;. The van der Waals surface area contributed by atoms with Crippen molar-refractivity contribution < 1.29 is 24.4 Å². The van der Waals surface area contributed by atoms with Crippen molar-refractivity contribution in [2.45, 2.75) is 13.0 Å². The Bertz CT molecular complexity index is 513. The number of hydrogen-bond acceptors (Lipinski definition) is 2. The SMILES string of the molecule is [CH-]=Cc1cccc(CCOCc2ccccc2)c1.[NH]=[Pt]. The van der Waals surface area contributed by atoms with Crippen LogP contribution in [0.5, 0.6) is 0 Å². The predicted molar refractivity (Wildman–Crippen MR) is 77.7 cm³/mol. The van der Waals surface area contributed by atoms with Crippen LogP contribution in [-0.2, 0) is 37.4 Å². The first-order valence-electron chi connectivity index (χ1n) is 6.30. The molecule has 0 heterocycles. The maximum absolute atomic E-state index is 5.72. The molecule has 0 saturated carbocycles. The van der Waals surface area contributed by atoms with Crippen molar-refractivity contribution in [3.8, 4) is 0 Å². The van der Waals surface area contributed by atoms with E-state index in [4.69, 9.17) is 15.2 Å². The molecule has 0 aliphatic rings. The molecule has 0 bridgehead atoms. The topological polar surface area (TPSA) is 33.1 Å². The number of ether oxygens (including phenoxy) is 1. The average Bonchev–Trinajstić information content (AvgIpc) is 2.55. The fourth-order valence-electron chi connectivity index (χ4n) is 1.81. The fourth-order valence-corrected chi connectivity index (χ4v) is 1.81. The third-order valence-electron chi connectivity index (χ3n) is 2.79. The molecule has 0 aliphatic carbocycles. The molecular formula is C17H18NOPt-. The van der Waals surface area contributed by atoms with Crippen molar-refractivity contribution in [2.75, 3.05) is 6.61 Å². The van der Waals surface area contributed by atoms with Crippen molar-refractivity contribution in [1.29, 1.82) is 3.91 Å². The number of rotatable bonds is 6. The van der Waals surface area contributed by atoms with Gasteiger partial charge in [-0.05, 0) is 12.0 Å². The van der Waals surface area contributed by atoms with Crippen LogP contribution in [0.2, 0.25) is 0 Å². The van der Waals surface area contributed by atoms with Crippen LogP contribution in [0.15, 0.2) is 54.6 Å². The van der Waals surface area contributed by atoms with Crippen LogP contribution in [0.4, 0.5) is 0 Å². The summed E-state index contributed by atoms with van der Waals surface area (Å²) in [7, 11) is 0. The molecule has 0 aromatic heterocycles. The zero-order valence-electron chi connectivity index (χ0n) is 11.2. The molecule has 1 N–H and O–H groups in total. The minimum absolute atomic E-state index is 0.670. The number of hydrogen-bond donors (Lipinski definition) is 1. The summed E-state index contributed by atoms with van der Waals surface area (Å²) in [5.41, 5.74) is 3.51. The van der Waals surface area contributed by atoms with Gasteiger partial charge in [0.25, 0.3) is 0 Å². The van der Waals surface area contributed by atoms with Crippen LogP contribution in [0.25, 0.3) is 6.08 Å². The van der Waals surface area contributed by atoms with Gasteiger partial charge < -0.3 is 4.74 Å². The van der Waals surface area contributed by atoms with Crippen LogP contribution in [0.1, 0.15) is 16.7 Å². The van der Waals surface area contributed by atoms with E-state index in [-0.39, 0.29) is 0 Å². The van der Waals surface area contributed by atoms with E-state index in [1.165, 1.54) is 30.8 Å². The summed E-state index contributed by atoms with van der Waals surface area (Å²) in [4.78, 5) is 0. The first-order chi connectivity index (χ1) is 9.88. The molecule has 0 spiro atoms. The van der Waals surface area contributed by atoms with Crippen molar-refractivity contribution in [1.82, 2.24) is 0 Å². The molecule has 2 aromatic carbocycles. The first kappa shape index (κ1) is 16.7. The van der Waals surface area contributed by atoms with Gasteiger partial charge in [-0.2, -0.15) is 5.56 Å². The van der Waals surface area contributed by atoms with Gasteiger partial charge in [-0.1, -0.05) is 48.0 Å². The molecule has 0 unspecified atom stereocenters. The third kappa shape index (κ3) is 6.18. The van der Waals surface area contributed by atoms with E-state index in [2.05, 4.69) is 24.3 Å². The zero-order valence-corrected chi connectivity index (χ0v) is 13.5. The Labute approximate surface area is 132 Å². The van der Waals surface area contributed by atoms with Gasteiger partial charge in [0.1, 0.15) is 0 Å². The Hall–Kier alpha value is -1.37. The fraction of sp³-hybridized carbons (Fsp3) is 0.176. The molecule has 20 heavy (non-hydrogen) atoms. The van der Waals surface area contributed by atoms with E-state index < -0.39 is 0 Å². The van der Waals surface area contributed by atoms with Gasteiger partial charge in [0.05, 0.1) is 13.2 Å². The summed E-state index contributed by atoms with van der Waals surface area (Å²) in [6.07, 6.45) is 2.53. The van der Waals surface area contributed by atoms with Crippen molar-refractivity contribution in [2.24, 2.45) is 0 Å².